The van der Waals surface area contributed by atoms with Gasteiger partial charge < -0.3 is 24.4 Å². The maximum atomic E-state index is 13.8. The molecule has 0 atom stereocenters. The van der Waals surface area contributed by atoms with Crippen LogP contribution in [0.25, 0.3) is 22.0 Å². The van der Waals surface area contributed by atoms with Gasteiger partial charge in [0, 0.05) is 121 Å². The van der Waals surface area contributed by atoms with Crippen molar-refractivity contribution in [1.82, 2.24) is 29.7 Å². The van der Waals surface area contributed by atoms with Gasteiger partial charge in [-0.2, -0.15) is 5.10 Å². The minimum absolute atomic E-state index is 0.437. The lowest BCUT2D eigenvalue weighted by atomic mass is 9.99. The number of hydrogen-bond donors (Lipinski definition) is 1. The Hall–Kier alpha value is -4.80. The summed E-state index contributed by atoms with van der Waals surface area (Å²) >= 11 is 3.66. The molecule has 266 valence electrons. The molecule has 2 aliphatic rings. The van der Waals surface area contributed by atoms with E-state index in [1.54, 1.807) is 26.6 Å². The zero-order valence-corrected chi connectivity index (χ0v) is 32.2. The number of ether oxygens (including phenoxy) is 1. The predicted octanol–water partition coefficient (Wildman–Crippen LogP) is 7.38. The van der Waals surface area contributed by atoms with Crippen LogP contribution >= 0.6 is 23.1 Å². The molecule has 0 amide bonds. The number of fused-ring (bicyclic) bond motifs is 1. The standard InChI is InChI=1S/C39H41BrN9O2P/c1-47-24-27(22-43-47)30-19-26(36(51-2)21-35(30)49-17-15-48(16-18-49)28-11-13-41-14-12-28)20-37-42-23-31(40)39(46-37)45-34-10-9-33-29(38(34)52(3,4)50)7-8-32(44-33)25-5-6-25/h7-14,19,21-25H,5-6,15-18,20H2,1-4H3,(H,42,45,46). The van der Waals surface area contributed by atoms with Gasteiger partial charge >= 0.3 is 0 Å². The smallest absolute Gasteiger partial charge is 0.148 e. The number of pyridine rings is 2. The molecule has 1 N–H and O–H groups in total. The Morgan fingerprint density at radius 1 is 0.962 bits per heavy atom. The van der Waals surface area contributed by atoms with E-state index in [1.165, 1.54) is 18.5 Å². The van der Waals surface area contributed by atoms with E-state index in [0.717, 1.165) is 81.9 Å². The summed E-state index contributed by atoms with van der Waals surface area (Å²) in [7, 11) is 0.927. The van der Waals surface area contributed by atoms with E-state index in [-0.39, 0.29) is 0 Å². The quantitative estimate of drug-likeness (QED) is 0.141. The SMILES string of the molecule is COc1cc(N2CCN(c3ccncc3)CC2)c(-c2cnn(C)c2)cc1Cc1ncc(Br)c(Nc2ccc3nc(C4CC4)ccc3c2P(C)(C)=O)n1. The van der Waals surface area contributed by atoms with Gasteiger partial charge in [0.15, 0.2) is 0 Å². The molecule has 52 heavy (non-hydrogen) atoms. The fourth-order valence-corrected chi connectivity index (χ4v) is 8.89. The van der Waals surface area contributed by atoms with Crippen LogP contribution < -0.4 is 25.2 Å². The largest absolute Gasteiger partial charge is 0.496 e. The first-order chi connectivity index (χ1) is 25.1. The molecule has 8 rings (SSSR count). The minimum Gasteiger partial charge on any atom is -0.496 e. The highest BCUT2D eigenvalue weighted by Crippen LogP contribution is 2.44. The van der Waals surface area contributed by atoms with Crippen molar-refractivity contribution in [2.24, 2.45) is 7.05 Å². The highest BCUT2D eigenvalue weighted by Gasteiger charge is 2.27. The summed E-state index contributed by atoms with van der Waals surface area (Å²) in [5.41, 5.74) is 8.10. The van der Waals surface area contributed by atoms with Crippen LogP contribution in [0.4, 0.5) is 22.9 Å². The molecule has 1 saturated heterocycles. The summed E-state index contributed by atoms with van der Waals surface area (Å²) in [6.45, 7) is 7.12. The Bertz CT molecular complexity index is 2320. The normalized spacial score (nSPS) is 14.9. The molecule has 13 heteroatoms. The number of piperazine rings is 1. The first-order valence-electron chi connectivity index (χ1n) is 17.5. The zero-order valence-electron chi connectivity index (χ0n) is 29.8. The number of anilines is 4. The Morgan fingerprint density at radius 2 is 1.73 bits per heavy atom. The number of nitrogens with zero attached hydrogens (tertiary/aromatic N) is 8. The molecule has 0 spiro atoms. The lowest BCUT2D eigenvalue weighted by molar-refractivity contribution is 0.410. The summed E-state index contributed by atoms with van der Waals surface area (Å²) in [6, 6.07) is 16.6. The van der Waals surface area contributed by atoms with Crippen LogP contribution in [0.2, 0.25) is 0 Å². The molecule has 0 unspecified atom stereocenters. The summed E-state index contributed by atoms with van der Waals surface area (Å²) < 4.78 is 22.3. The maximum absolute atomic E-state index is 13.8. The molecule has 0 radical (unpaired) electrons. The lowest BCUT2D eigenvalue weighted by Gasteiger charge is -2.38. The van der Waals surface area contributed by atoms with Crippen LogP contribution in [0.5, 0.6) is 5.75 Å². The van der Waals surface area contributed by atoms with Gasteiger partial charge in [0.1, 0.15) is 24.5 Å². The summed E-state index contributed by atoms with van der Waals surface area (Å²) in [4.78, 5) is 23.6. The third kappa shape index (κ3) is 7.01. The van der Waals surface area contributed by atoms with E-state index in [9.17, 15) is 4.57 Å². The number of rotatable bonds is 10. The molecule has 1 saturated carbocycles. The molecular formula is C39H41BrN9O2P. The average Bonchev–Trinajstić information content (AvgIpc) is 3.92. The second-order valence-electron chi connectivity index (χ2n) is 13.9. The fourth-order valence-electron chi connectivity index (χ4n) is 7.12. The topological polar surface area (TPSA) is 114 Å². The van der Waals surface area contributed by atoms with Crippen molar-refractivity contribution in [2.75, 3.05) is 61.7 Å². The Balaban J connectivity index is 1.11. The summed E-state index contributed by atoms with van der Waals surface area (Å²) in [5, 5.41) is 9.67. The fraction of sp³-hybridized carbons (Fsp3) is 0.308. The number of benzene rings is 2. The summed E-state index contributed by atoms with van der Waals surface area (Å²) in [5.74, 6) is 2.53. The Kier molecular flexibility index (Phi) is 9.21. The number of aromatic nitrogens is 6. The van der Waals surface area contributed by atoms with Crippen molar-refractivity contribution in [1.29, 1.82) is 0 Å². The average molecular weight is 779 g/mol. The molecule has 11 nitrogen and oxygen atoms in total. The van der Waals surface area contributed by atoms with Gasteiger partial charge in [-0.3, -0.25) is 14.6 Å². The van der Waals surface area contributed by atoms with Crippen LogP contribution in [0.1, 0.15) is 35.8 Å². The monoisotopic (exact) mass is 777 g/mol. The number of nitrogens with one attached hydrogen (secondary N) is 1. The van der Waals surface area contributed by atoms with Crippen molar-refractivity contribution >= 4 is 62.2 Å². The van der Waals surface area contributed by atoms with Gasteiger partial charge in [0.05, 0.1) is 29.0 Å². The number of aryl methyl sites for hydroxylation is 1. The first-order valence-corrected chi connectivity index (χ1v) is 20.9. The van der Waals surface area contributed by atoms with Crippen LogP contribution in [0, 0.1) is 0 Å². The van der Waals surface area contributed by atoms with Crippen molar-refractivity contribution in [3.05, 3.63) is 101 Å². The molecule has 6 aromatic rings. The lowest BCUT2D eigenvalue weighted by Crippen LogP contribution is -2.46. The molecule has 5 heterocycles. The van der Waals surface area contributed by atoms with Gasteiger partial charge in [-0.25, -0.2) is 9.97 Å². The van der Waals surface area contributed by atoms with Crippen molar-refractivity contribution in [2.45, 2.75) is 25.2 Å². The van der Waals surface area contributed by atoms with E-state index in [4.69, 9.17) is 19.7 Å². The molecule has 1 aliphatic heterocycles. The number of halogens is 1. The van der Waals surface area contributed by atoms with Crippen molar-refractivity contribution in [3.63, 3.8) is 0 Å². The minimum atomic E-state index is -2.72. The summed E-state index contributed by atoms with van der Waals surface area (Å²) in [6.07, 6.45) is 12.2. The molecular weight excluding hydrogens is 737 g/mol. The molecule has 0 bridgehead atoms. The number of hydrogen-bond acceptors (Lipinski definition) is 10. The van der Waals surface area contributed by atoms with Crippen LogP contribution in [-0.2, 0) is 18.0 Å². The van der Waals surface area contributed by atoms with Crippen LogP contribution in [0.3, 0.4) is 0 Å². The highest BCUT2D eigenvalue weighted by atomic mass is 79.9. The molecule has 2 fully saturated rings. The number of methoxy groups -OCH3 is 1. The zero-order chi connectivity index (χ0) is 36.0. The van der Waals surface area contributed by atoms with E-state index in [0.29, 0.717) is 28.5 Å². The molecule has 4 aromatic heterocycles. The first kappa shape index (κ1) is 34.3. The van der Waals surface area contributed by atoms with E-state index in [1.807, 2.05) is 48.6 Å². The van der Waals surface area contributed by atoms with Gasteiger partial charge in [0.25, 0.3) is 0 Å². The van der Waals surface area contributed by atoms with Gasteiger partial charge in [-0.15, -0.1) is 0 Å². The Labute approximate surface area is 312 Å². The van der Waals surface area contributed by atoms with Gasteiger partial charge in [-0.1, -0.05) is 6.07 Å². The van der Waals surface area contributed by atoms with Crippen LogP contribution in [0.15, 0.2) is 84.0 Å². The van der Waals surface area contributed by atoms with Crippen molar-refractivity contribution < 1.29 is 9.30 Å². The third-order valence-electron chi connectivity index (χ3n) is 9.86. The molecule has 2 aromatic carbocycles. The highest BCUT2D eigenvalue weighted by molar-refractivity contribution is 9.10. The Morgan fingerprint density at radius 3 is 2.42 bits per heavy atom. The van der Waals surface area contributed by atoms with E-state index < -0.39 is 7.14 Å². The van der Waals surface area contributed by atoms with Gasteiger partial charge in [0.2, 0.25) is 0 Å². The predicted molar refractivity (Wildman–Crippen MR) is 212 cm³/mol. The van der Waals surface area contributed by atoms with E-state index >= 15 is 0 Å². The second-order valence-corrected chi connectivity index (χ2v) is 17.9. The van der Waals surface area contributed by atoms with Gasteiger partial charge in [-0.05, 0) is 78.5 Å². The van der Waals surface area contributed by atoms with Crippen LogP contribution in [-0.4, -0.2) is 76.3 Å². The van der Waals surface area contributed by atoms with E-state index in [2.05, 4.69) is 77.5 Å². The third-order valence-corrected chi connectivity index (χ3v) is 12.0. The molecule has 1 aliphatic carbocycles. The van der Waals surface area contributed by atoms with Crippen molar-refractivity contribution in [3.8, 4) is 16.9 Å². The second kappa shape index (κ2) is 14.0. The maximum Gasteiger partial charge on any atom is 0.148 e.